The lowest BCUT2D eigenvalue weighted by molar-refractivity contribution is -0.151. The number of amides is 1. The Bertz CT molecular complexity index is 814. The summed E-state index contributed by atoms with van der Waals surface area (Å²) >= 11 is 0. The van der Waals surface area contributed by atoms with E-state index >= 15 is 0 Å². The number of nitrogens with zero attached hydrogens (tertiary/aromatic N) is 1. The predicted octanol–water partition coefficient (Wildman–Crippen LogP) is 3.16. The first-order valence-electron chi connectivity index (χ1n) is 8.62. The zero-order chi connectivity index (χ0) is 18.7. The molecule has 5 heteroatoms. The van der Waals surface area contributed by atoms with E-state index in [1.165, 1.54) is 0 Å². The van der Waals surface area contributed by atoms with Gasteiger partial charge in [0.05, 0.1) is 5.92 Å². The van der Waals surface area contributed by atoms with Crippen LogP contribution in [0, 0.1) is 12.8 Å². The monoisotopic (exact) mass is 351 g/mol. The van der Waals surface area contributed by atoms with Crippen molar-refractivity contribution >= 4 is 23.3 Å². The number of hydrogen-bond acceptors (Lipinski definition) is 4. The number of hydrogen-bond donors (Lipinski definition) is 0. The van der Waals surface area contributed by atoms with Gasteiger partial charge in [0, 0.05) is 24.2 Å². The van der Waals surface area contributed by atoms with Crippen molar-refractivity contribution in [2.75, 3.05) is 11.4 Å². The third-order valence-electron chi connectivity index (χ3n) is 4.52. The van der Waals surface area contributed by atoms with Crippen LogP contribution >= 0.6 is 0 Å². The molecule has 0 bridgehead atoms. The van der Waals surface area contributed by atoms with E-state index in [1.54, 1.807) is 36.1 Å². The second-order valence-electron chi connectivity index (χ2n) is 6.55. The Kier molecular flexibility index (Phi) is 5.16. The molecule has 1 amide bonds. The van der Waals surface area contributed by atoms with E-state index in [-0.39, 0.29) is 24.7 Å². The lowest BCUT2D eigenvalue weighted by Crippen LogP contribution is -2.30. The summed E-state index contributed by atoms with van der Waals surface area (Å²) < 4.78 is 5.33. The Labute approximate surface area is 152 Å². The van der Waals surface area contributed by atoms with Crippen LogP contribution in [0.1, 0.15) is 29.3 Å². The Morgan fingerprint density at radius 2 is 1.73 bits per heavy atom. The summed E-state index contributed by atoms with van der Waals surface area (Å²) in [7, 11) is 0. The van der Waals surface area contributed by atoms with Crippen LogP contribution in [0.5, 0.6) is 0 Å². The van der Waals surface area contributed by atoms with E-state index < -0.39 is 18.0 Å². The van der Waals surface area contributed by atoms with Crippen LogP contribution in [0.3, 0.4) is 0 Å². The van der Waals surface area contributed by atoms with Gasteiger partial charge in [0.25, 0.3) is 0 Å². The van der Waals surface area contributed by atoms with Crippen molar-refractivity contribution in [2.45, 2.75) is 26.4 Å². The van der Waals surface area contributed by atoms with E-state index in [2.05, 4.69) is 0 Å². The Morgan fingerprint density at radius 1 is 1.08 bits per heavy atom. The fourth-order valence-electron chi connectivity index (χ4n) is 3.00. The molecular formula is C21H21NO4. The van der Waals surface area contributed by atoms with Gasteiger partial charge in [-0.15, -0.1) is 0 Å². The van der Waals surface area contributed by atoms with Crippen molar-refractivity contribution in [3.8, 4) is 0 Å². The van der Waals surface area contributed by atoms with Crippen molar-refractivity contribution in [3.63, 3.8) is 0 Å². The summed E-state index contributed by atoms with van der Waals surface area (Å²) in [4.78, 5) is 38.6. The number of carbonyl (C=O) groups is 3. The summed E-state index contributed by atoms with van der Waals surface area (Å²) in [6.45, 7) is 3.80. The van der Waals surface area contributed by atoms with Gasteiger partial charge in [0.2, 0.25) is 11.7 Å². The van der Waals surface area contributed by atoms with Crippen LogP contribution in [-0.2, 0) is 14.3 Å². The molecule has 0 spiro atoms. The Balaban J connectivity index is 1.63. The number of anilines is 1. The largest absolute Gasteiger partial charge is 0.454 e. The highest BCUT2D eigenvalue weighted by atomic mass is 16.5. The summed E-state index contributed by atoms with van der Waals surface area (Å²) in [5, 5.41) is 0. The number of ketones is 1. The quantitative estimate of drug-likeness (QED) is 0.613. The maximum Gasteiger partial charge on any atom is 0.312 e. The highest BCUT2D eigenvalue weighted by Gasteiger charge is 2.37. The topological polar surface area (TPSA) is 63.7 Å². The lowest BCUT2D eigenvalue weighted by Gasteiger charge is -2.18. The number of ether oxygens (including phenoxy) is 1. The Morgan fingerprint density at radius 3 is 2.38 bits per heavy atom. The van der Waals surface area contributed by atoms with Gasteiger partial charge in [-0.05, 0) is 26.0 Å². The molecular weight excluding hydrogens is 330 g/mol. The second kappa shape index (κ2) is 7.52. The third kappa shape index (κ3) is 3.82. The molecule has 1 fully saturated rings. The first kappa shape index (κ1) is 17.9. The summed E-state index contributed by atoms with van der Waals surface area (Å²) in [5.41, 5.74) is 2.37. The molecule has 1 saturated heterocycles. The van der Waals surface area contributed by atoms with E-state index in [1.807, 2.05) is 37.3 Å². The van der Waals surface area contributed by atoms with Crippen LogP contribution < -0.4 is 4.90 Å². The van der Waals surface area contributed by atoms with Crippen LogP contribution in [-0.4, -0.2) is 30.3 Å². The average Bonchev–Trinajstić information content (AvgIpc) is 3.04. The van der Waals surface area contributed by atoms with Crippen LogP contribution in [0.25, 0.3) is 0 Å². The Hall–Kier alpha value is -2.95. The number of benzene rings is 2. The summed E-state index contributed by atoms with van der Waals surface area (Å²) in [5.74, 6) is -1.43. The molecule has 0 saturated carbocycles. The summed E-state index contributed by atoms with van der Waals surface area (Å²) in [6.07, 6.45) is -0.785. The minimum atomic E-state index is -0.881. The molecule has 2 atom stereocenters. The second-order valence-corrected chi connectivity index (χ2v) is 6.55. The van der Waals surface area contributed by atoms with Crippen LogP contribution in [0.4, 0.5) is 5.69 Å². The van der Waals surface area contributed by atoms with Gasteiger partial charge in [0.15, 0.2) is 6.10 Å². The van der Waals surface area contributed by atoms with E-state index in [0.29, 0.717) is 5.56 Å². The van der Waals surface area contributed by atoms with Gasteiger partial charge >= 0.3 is 5.97 Å². The standard InChI is InChI=1S/C21H21NO4/c1-14-8-10-18(11-9-14)22-13-17(12-19(22)23)21(25)26-15(2)20(24)16-6-4-3-5-7-16/h3-11,15,17H,12-13H2,1-2H3/t15-,17-/m1/s1. The van der Waals surface area contributed by atoms with Crippen molar-refractivity contribution in [1.82, 2.24) is 0 Å². The number of rotatable bonds is 5. The van der Waals surface area contributed by atoms with Gasteiger partial charge in [-0.2, -0.15) is 0 Å². The molecule has 0 radical (unpaired) electrons. The molecule has 2 aromatic carbocycles. The highest BCUT2D eigenvalue weighted by Crippen LogP contribution is 2.26. The molecule has 134 valence electrons. The molecule has 0 aliphatic carbocycles. The SMILES string of the molecule is Cc1ccc(N2C[C@H](C(=O)O[C@H](C)C(=O)c3ccccc3)CC2=O)cc1. The molecule has 0 aromatic heterocycles. The smallest absolute Gasteiger partial charge is 0.312 e. The highest BCUT2D eigenvalue weighted by molar-refractivity contribution is 6.02. The molecule has 1 aliphatic heterocycles. The van der Waals surface area contributed by atoms with Gasteiger partial charge in [-0.1, -0.05) is 48.0 Å². The molecule has 1 heterocycles. The van der Waals surface area contributed by atoms with E-state index in [4.69, 9.17) is 4.74 Å². The maximum atomic E-state index is 12.4. The molecule has 0 N–H and O–H groups in total. The fraction of sp³-hybridized carbons (Fsp3) is 0.286. The first-order valence-corrected chi connectivity index (χ1v) is 8.62. The molecule has 26 heavy (non-hydrogen) atoms. The van der Waals surface area contributed by atoms with Crippen LogP contribution in [0.15, 0.2) is 54.6 Å². The molecule has 3 rings (SSSR count). The predicted molar refractivity (Wildman–Crippen MR) is 98.0 cm³/mol. The molecule has 0 unspecified atom stereocenters. The average molecular weight is 351 g/mol. The third-order valence-corrected chi connectivity index (χ3v) is 4.52. The zero-order valence-electron chi connectivity index (χ0n) is 14.8. The van der Waals surface area contributed by atoms with Gasteiger partial charge in [-0.25, -0.2) is 0 Å². The van der Waals surface area contributed by atoms with Crippen molar-refractivity contribution in [2.24, 2.45) is 5.92 Å². The fourth-order valence-corrected chi connectivity index (χ4v) is 3.00. The number of esters is 1. The van der Waals surface area contributed by atoms with Gasteiger partial charge in [-0.3, -0.25) is 14.4 Å². The summed E-state index contributed by atoms with van der Waals surface area (Å²) in [6, 6.07) is 16.3. The van der Waals surface area contributed by atoms with Crippen molar-refractivity contribution < 1.29 is 19.1 Å². The molecule has 1 aliphatic rings. The minimum Gasteiger partial charge on any atom is -0.454 e. The number of carbonyl (C=O) groups excluding carboxylic acids is 3. The van der Waals surface area contributed by atoms with Crippen molar-refractivity contribution in [3.05, 3.63) is 65.7 Å². The van der Waals surface area contributed by atoms with Gasteiger partial charge < -0.3 is 9.64 Å². The van der Waals surface area contributed by atoms with Crippen molar-refractivity contribution in [1.29, 1.82) is 0 Å². The number of Topliss-reactive ketones (excluding diaryl/α,β-unsaturated/α-hetero) is 1. The zero-order valence-corrected chi connectivity index (χ0v) is 14.8. The minimum absolute atomic E-state index is 0.0962. The maximum absolute atomic E-state index is 12.4. The normalized spacial score (nSPS) is 17.8. The van der Waals surface area contributed by atoms with E-state index in [9.17, 15) is 14.4 Å². The lowest BCUT2D eigenvalue weighted by atomic mass is 10.1. The molecule has 2 aromatic rings. The molecule has 5 nitrogen and oxygen atoms in total. The first-order chi connectivity index (χ1) is 12.5. The van der Waals surface area contributed by atoms with Gasteiger partial charge in [0.1, 0.15) is 0 Å². The van der Waals surface area contributed by atoms with E-state index in [0.717, 1.165) is 11.3 Å². The number of aryl methyl sites for hydroxylation is 1. The van der Waals surface area contributed by atoms with Crippen LogP contribution in [0.2, 0.25) is 0 Å².